The number of rotatable bonds is 9. The molecule has 0 radical (unpaired) electrons. The maximum atomic E-state index is 15.2. The predicted octanol–water partition coefficient (Wildman–Crippen LogP) is 6.73. The van der Waals surface area contributed by atoms with Gasteiger partial charge in [-0.25, -0.2) is 23.5 Å². The second-order valence-corrected chi connectivity index (χ2v) is 19.6. The average Bonchev–Trinajstić information content (AvgIpc) is 3.55. The lowest BCUT2D eigenvalue weighted by atomic mass is 9.85. The van der Waals surface area contributed by atoms with E-state index in [4.69, 9.17) is 14.2 Å². The maximum Gasteiger partial charge on any atom is 0.418 e. The van der Waals surface area contributed by atoms with E-state index in [1.54, 1.807) is 27.7 Å². The van der Waals surface area contributed by atoms with Crippen LogP contribution in [0.2, 0.25) is 25.7 Å². The van der Waals surface area contributed by atoms with Gasteiger partial charge in [-0.05, 0) is 58.4 Å². The number of nitrogens with zero attached hydrogens (tertiary/aromatic N) is 2. The minimum Gasteiger partial charge on any atom is -0.465 e. The number of esters is 1. The number of thioether (sulfide) groups is 1. The molecule has 3 atom stereocenters. The summed E-state index contributed by atoms with van der Waals surface area (Å²) in [6, 6.07) is 5.08. The Morgan fingerprint density at radius 3 is 2.55 bits per heavy atom. The summed E-state index contributed by atoms with van der Waals surface area (Å²) in [6.07, 6.45) is -0.532. The number of ether oxygens (including phenoxy) is 3. The zero-order valence-electron chi connectivity index (χ0n) is 23.0. The topological polar surface area (TPSA) is 77.4 Å². The lowest BCUT2D eigenvalue weighted by molar-refractivity contribution is -0.143. The third kappa shape index (κ3) is 6.79. The Morgan fingerprint density at radius 1 is 1.29 bits per heavy atom. The standard InChI is InChI=1S/C26H37BrF2N2O5SSi/c1-8-35-21(32)26-14-20(26)25(15-28,18-13-17(27)9-10-19(18)29)30-22(37-26)31(23(33)36-24(2,3)4)16-34-11-12-38(5,6)7/h9-10,13,20H,8,11-12,14-16H2,1-7H3/t20?,25-,26+/m1/s1. The third-order valence-electron chi connectivity index (χ3n) is 6.34. The molecule has 1 aromatic carbocycles. The number of halogens is 3. The SMILES string of the molecule is CCOC(=O)[C@]12CC1[C@@](CF)(c1cc(Br)ccc1F)N=C(N(COCC[Si](C)(C)C)C(=O)OC(C)(C)C)S2. The quantitative estimate of drug-likeness (QED) is 0.130. The molecule has 38 heavy (non-hydrogen) atoms. The van der Waals surface area contributed by atoms with Gasteiger partial charge in [0.2, 0.25) is 0 Å². The van der Waals surface area contributed by atoms with Gasteiger partial charge in [-0.3, -0.25) is 4.79 Å². The van der Waals surface area contributed by atoms with Gasteiger partial charge in [0.1, 0.15) is 35.1 Å². The van der Waals surface area contributed by atoms with E-state index in [2.05, 4.69) is 40.6 Å². The van der Waals surface area contributed by atoms with Gasteiger partial charge < -0.3 is 14.2 Å². The fraction of sp³-hybridized carbons (Fsp3) is 0.654. The van der Waals surface area contributed by atoms with Crippen LogP contribution in [0.3, 0.4) is 0 Å². The van der Waals surface area contributed by atoms with E-state index in [9.17, 15) is 9.59 Å². The van der Waals surface area contributed by atoms with E-state index in [1.807, 2.05) is 0 Å². The summed E-state index contributed by atoms with van der Waals surface area (Å²) in [6.45, 7) is 12.7. The van der Waals surface area contributed by atoms with Crippen molar-refractivity contribution in [3.05, 3.63) is 34.1 Å². The summed E-state index contributed by atoms with van der Waals surface area (Å²) in [5.41, 5.74) is -2.56. The minimum atomic E-state index is -1.74. The summed E-state index contributed by atoms with van der Waals surface area (Å²) in [5.74, 6) is -1.86. The Kier molecular flexibility index (Phi) is 9.43. The van der Waals surface area contributed by atoms with Crippen LogP contribution in [0.25, 0.3) is 0 Å². The summed E-state index contributed by atoms with van der Waals surface area (Å²) < 4.78 is 46.6. The highest BCUT2D eigenvalue weighted by Crippen LogP contribution is 2.67. The molecular formula is C26H37BrF2N2O5SSi. The van der Waals surface area contributed by atoms with E-state index in [0.717, 1.165) is 17.8 Å². The highest BCUT2D eigenvalue weighted by molar-refractivity contribution is 9.10. The first-order chi connectivity index (χ1) is 17.6. The van der Waals surface area contributed by atoms with Crippen molar-refractivity contribution < 1.29 is 32.6 Å². The molecule has 0 saturated heterocycles. The number of carbonyl (C=O) groups excluding carboxylic acids is 2. The Bertz CT molecular complexity index is 1100. The lowest BCUT2D eigenvalue weighted by Crippen LogP contribution is -2.48. The number of amidine groups is 1. The van der Waals surface area contributed by atoms with E-state index in [1.165, 1.54) is 23.1 Å². The maximum absolute atomic E-state index is 15.2. The van der Waals surface area contributed by atoms with Gasteiger partial charge in [0.25, 0.3) is 0 Å². The lowest BCUT2D eigenvalue weighted by Gasteiger charge is -2.38. The molecule has 3 rings (SSSR count). The molecule has 0 aromatic heterocycles. The van der Waals surface area contributed by atoms with Crippen molar-refractivity contribution in [1.82, 2.24) is 4.90 Å². The molecule has 1 unspecified atom stereocenters. The molecular weight excluding hydrogens is 598 g/mol. The average molecular weight is 636 g/mol. The Morgan fingerprint density at radius 2 is 1.97 bits per heavy atom. The van der Waals surface area contributed by atoms with Gasteiger partial charge in [0.05, 0.1) is 6.61 Å². The van der Waals surface area contributed by atoms with Crippen LogP contribution >= 0.6 is 27.7 Å². The smallest absolute Gasteiger partial charge is 0.418 e. The summed E-state index contributed by atoms with van der Waals surface area (Å²) in [7, 11) is -1.41. The van der Waals surface area contributed by atoms with Crippen LogP contribution in [0.4, 0.5) is 13.6 Å². The molecule has 1 aliphatic heterocycles. The molecule has 1 aliphatic carbocycles. The van der Waals surface area contributed by atoms with Gasteiger partial charge in [0.15, 0.2) is 5.17 Å². The number of carbonyl (C=O) groups is 2. The molecule has 0 bridgehead atoms. The highest BCUT2D eigenvalue weighted by Gasteiger charge is 2.74. The number of hydrogen-bond donors (Lipinski definition) is 0. The molecule has 1 fully saturated rings. The molecule has 7 nitrogen and oxygen atoms in total. The van der Waals surface area contributed by atoms with Gasteiger partial charge in [0, 0.05) is 30.6 Å². The van der Waals surface area contributed by atoms with Crippen molar-refractivity contribution >= 4 is 53.0 Å². The van der Waals surface area contributed by atoms with Crippen molar-refractivity contribution in [2.24, 2.45) is 10.9 Å². The first kappa shape index (κ1) is 31.0. The molecule has 0 spiro atoms. The van der Waals surface area contributed by atoms with E-state index >= 15 is 8.78 Å². The fourth-order valence-electron chi connectivity index (χ4n) is 4.29. The minimum absolute atomic E-state index is 0.00661. The number of amides is 1. The van der Waals surface area contributed by atoms with Crippen molar-refractivity contribution in [2.45, 2.75) is 75.7 Å². The molecule has 212 valence electrons. The molecule has 1 aromatic rings. The number of benzene rings is 1. The van der Waals surface area contributed by atoms with Crippen molar-refractivity contribution in [3.63, 3.8) is 0 Å². The van der Waals surface area contributed by atoms with Crippen LogP contribution in [0.5, 0.6) is 0 Å². The number of alkyl halides is 1. The van der Waals surface area contributed by atoms with Gasteiger partial charge in [-0.2, -0.15) is 0 Å². The zero-order valence-corrected chi connectivity index (χ0v) is 26.4. The Labute approximate surface area is 237 Å². The fourth-order valence-corrected chi connectivity index (χ4v) is 6.91. The third-order valence-corrected chi connectivity index (χ3v) is 10.0. The van der Waals surface area contributed by atoms with Crippen molar-refractivity contribution in [1.29, 1.82) is 0 Å². The van der Waals surface area contributed by atoms with E-state index < -0.39 is 54.4 Å². The van der Waals surface area contributed by atoms with Gasteiger partial charge in [-0.15, -0.1) is 0 Å². The number of fused-ring (bicyclic) bond motifs is 1. The van der Waals surface area contributed by atoms with E-state index in [-0.39, 0.29) is 30.5 Å². The first-order valence-electron chi connectivity index (χ1n) is 12.6. The number of aliphatic imine (C=N–C) groups is 1. The summed E-state index contributed by atoms with van der Waals surface area (Å²) in [4.78, 5) is 32.4. The predicted molar refractivity (Wildman–Crippen MR) is 151 cm³/mol. The molecule has 1 heterocycles. The molecule has 1 amide bonds. The summed E-state index contributed by atoms with van der Waals surface area (Å²) in [5, 5.41) is 0.0334. The van der Waals surface area contributed by atoms with Crippen molar-refractivity contribution in [3.8, 4) is 0 Å². The monoisotopic (exact) mass is 634 g/mol. The van der Waals surface area contributed by atoms with Crippen LogP contribution in [-0.4, -0.2) is 67.2 Å². The molecule has 12 heteroatoms. The normalized spacial score (nSPS) is 24.8. The molecule has 2 aliphatic rings. The first-order valence-corrected chi connectivity index (χ1v) is 18.0. The zero-order chi connectivity index (χ0) is 28.5. The van der Waals surface area contributed by atoms with Gasteiger partial charge >= 0.3 is 12.1 Å². The Hall–Kier alpha value is -1.50. The summed E-state index contributed by atoms with van der Waals surface area (Å²) >= 11 is 4.37. The second kappa shape index (κ2) is 11.5. The van der Waals surface area contributed by atoms with Gasteiger partial charge in [-0.1, -0.05) is 47.3 Å². The molecule has 0 N–H and O–H groups in total. The second-order valence-electron chi connectivity index (χ2n) is 11.8. The van der Waals surface area contributed by atoms with E-state index in [0.29, 0.717) is 11.1 Å². The van der Waals surface area contributed by atoms with Crippen LogP contribution in [0, 0.1) is 11.7 Å². The van der Waals surface area contributed by atoms with Crippen molar-refractivity contribution in [2.75, 3.05) is 26.6 Å². The van der Waals surface area contributed by atoms with Crippen LogP contribution in [-0.2, 0) is 24.5 Å². The van der Waals surface area contributed by atoms with Crippen LogP contribution in [0.1, 0.15) is 39.7 Å². The van der Waals surface area contributed by atoms with Crippen LogP contribution in [0.15, 0.2) is 27.7 Å². The largest absolute Gasteiger partial charge is 0.465 e. The molecule has 1 saturated carbocycles. The number of hydrogen-bond acceptors (Lipinski definition) is 7. The van der Waals surface area contributed by atoms with Crippen LogP contribution < -0.4 is 0 Å². The highest BCUT2D eigenvalue weighted by atomic mass is 79.9. The Balaban J connectivity index is 2.10.